The third-order valence-electron chi connectivity index (χ3n) is 2.77. The van der Waals surface area contributed by atoms with Gasteiger partial charge in [0.25, 0.3) is 11.6 Å². The maximum atomic E-state index is 12.3. The van der Waals surface area contributed by atoms with Gasteiger partial charge in [-0.3, -0.25) is 14.9 Å². The highest BCUT2D eigenvalue weighted by atomic mass is 79.9. The summed E-state index contributed by atoms with van der Waals surface area (Å²) < 4.78 is 0.635. The van der Waals surface area contributed by atoms with Crippen molar-refractivity contribution in [2.45, 2.75) is 6.92 Å². The zero-order valence-corrected chi connectivity index (χ0v) is 13.2. The minimum atomic E-state index is -0.582. The van der Waals surface area contributed by atoms with Crippen LogP contribution in [0.2, 0.25) is 5.02 Å². The molecular weight excluding hydrogens is 360 g/mol. The van der Waals surface area contributed by atoms with Crippen molar-refractivity contribution in [3.05, 3.63) is 67.1 Å². The van der Waals surface area contributed by atoms with Crippen LogP contribution in [0, 0.1) is 17.0 Å². The molecule has 5 nitrogen and oxygen atoms in total. The SMILES string of the molecule is Cc1ccc([N+](=O)[O-])c(C(=O)Nc2cc(Cl)ccc2Br)c1. The van der Waals surface area contributed by atoms with Gasteiger partial charge in [-0.15, -0.1) is 0 Å². The first-order valence-electron chi connectivity index (χ1n) is 5.90. The van der Waals surface area contributed by atoms with Crippen molar-refractivity contribution in [2.75, 3.05) is 5.32 Å². The Morgan fingerprint density at radius 2 is 2.00 bits per heavy atom. The van der Waals surface area contributed by atoms with E-state index in [1.165, 1.54) is 12.1 Å². The predicted molar refractivity (Wildman–Crippen MR) is 84.9 cm³/mol. The zero-order valence-electron chi connectivity index (χ0n) is 10.9. The van der Waals surface area contributed by atoms with Crippen LogP contribution in [0.25, 0.3) is 0 Å². The summed E-state index contributed by atoms with van der Waals surface area (Å²) in [5.41, 5.74) is 0.974. The Labute approximate surface area is 134 Å². The zero-order chi connectivity index (χ0) is 15.6. The van der Waals surface area contributed by atoms with E-state index < -0.39 is 10.8 Å². The van der Waals surface area contributed by atoms with Crippen LogP contribution in [0.3, 0.4) is 0 Å². The largest absolute Gasteiger partial charge is 0.321 e. The van der Waals surface area contributed by atoms with Crippen molar-refractivity contribution in [1.82, 2.24) is 0 Å². The minimum absolute atomic E-state index is 0.00637. The molecule has 0 aliphatic rings. The Hall–Kier alpha value is -1.92. The van der Waals surface area contributed by atoms with Crippen molar-refractivity contribution in [3.63, 3.8) is 0 Å². The number of halogens is 2. The molecule has 1 amide bonds. The monoisotopic (exact) mass is 368 g/mol. The van der Waals surface area contributed by atoms with E-state index >= 15 is 0 Å². The number of nitrogens with one attached hydrogen (secondary N) is 1. The topological polar surface area (TPSA) is 72.2 Å². The predicted octanol–water partition coefficient (Wildman–Crippen LogP) is 4.57. The first kappa shape index (κ1) is 15.5. The second-order valence-corrected chi connectivity index (χ2v) is 5.65. The quantitative estimate of drug-likeness (QED) is 0.636. The highest BCUT2D eigenvalue weighted by molar-refractivity contribution is 9.10. The molecule has 0 aliphatic heterocycles. The highest BCUT2D eigenvalue weighted by Crippen LogP contribution is 2.27. The van der Waals surface area contributed by atoms with Crippen LogP contribution in [0.15, 0.2) is 40.9 Å². The van der Waals surface area contributed by atoms with Crippen LogP contribution in [0.4, 0.5) is 11.4 Å². The normalized spacial score (nSPS) is 10.2. The van der Waals surface area contributed by atoms with Crippen molar-refractivity contribution >= 4 is 44.8 Å². The molecule has 21 heavy (non-hydrogen) atoms. The number of aryl methyl sites for hydroxylation is 1. The summed E-state index contributed by atoms with van der Waals surface area (Å²) in [5, 5.41) is 14.1. The number of benzene rings is 2. The van der Waals surface area contributed by atoms with Gasteiger partial charge in [0, 0.05) is 15.6 Å². The molecule has 1 N–H and O–H groups in total. The summed E-state index contributed by atoms with van der Waals surface area (Å²) in [7, 11) is 0. The highest BCUT2D eigenvalue weighted by Gasteiger charge is 2.20. The third-order valence-corrected chi connectivity index (χ3v) is 3.70. The Morgan fingerprint density at radius 3 is 2.67 bits per heavy atom. The lowest BCUT2D eigenvalue weighted by Crippen LogP contribution is -2.14. The second-order valence-electron chi connectivity index (χ2n) is 4.36. The van der Waals surface area contributed by atoms with E-state index in [1.807, 2.05) is 0 Å². The van der Waals surface area contributed by atoms with Gasteiger partial charge < -0.3 is 5.32 Å². The molecule has 108 valence electrons. The summed E-state index contributed by atoms with van der Waals surface area (Å²) in [6, 6.07) is 9.29. The van der Waals surface area contributed by atoms with Crippen LogP contribution in [0.5, 0.6) is 0 Å². The first-order chi connectivity index (χ1) is 9.88. The molecule has 0 atom stereocenters. The van der Waals surface area contributed by atoms with Crippen LogP contribution in [-0.2, 0) is 0 Å². The molecule has 0 bridgehead atoms. The molecule has 2 aromatic carbocycles. The van der Waals surface area contributed by atoms with E-state index in [9.17, 15) is 14.9 Å². The van der Waals surface area contributed by atoms with Gasteiger partial charge in [-0.2, -0.15) is 0 Å². The Kier molecular flexibility index (Phi) is 4.59. The number of anilines is 1. The smallest absolute Gasteiger partial charge is 0.282 e. The fourth-order valence-electron chi connectivity index (χ4n) is 1.77. The molecule has 0 saturated carbocycles. The number of nitro groups is 1. The molecule has 0 spiro atoms. The Bertz CT molecular complexity index is 734. The van der Waals surface area contributed by atoms with Crippen molar-refractivity contribution in [1.29, 1.82) is 0 Å². The molecule has 0 fully saturated rings. The van der Waals surface area contributed by atoms with Gasteiger partial charge in [-0.1, -0.05) is 17.7 Å². The summed E-state index contributed by atoms with van der Waals surface area (Å²) in [6.45, 7) is 1.76. The molecule has 2 rings (SSSR count). The standard InChI is InChI=1S/C14H10BrClN2O3/c1-8-2-5-13(18(20)21)10(6-8)14(19)17-12-7-9(16)3-4-11(12)15/h2-7H,1H3,(H,17,19). The molecular formula is C14H10BrClN2O3. The van der Waals surface area contributed by atoms with Gasteiger partial charge >= 0.3 is 0 Å². The van der Waals surface area contributed by atoms with Crippen molar-refractivity contribution in [2.24, 2.45) is 0 Å². The summed E-state index contributed by atoms with van der Waals surface area (Å²) in [6.07, 6.45) is 0. The molecule has 0 saturated heterocycles. The fourth-order valence-corrected chi connectivity index (χ4v) is 2.29. The van der Waals surface area contributed by atoms with E-state index in [0.717, 1.165) is 5.56 Å². The summed E-state index contributed by atoms with van der Waals surface area (Å²) in [4.78, 5) is 22.7. The summed E-state index contributed by atoms with van der Waals surface area (Å²) >= 11 is 9.16. The van der Waals surface area contributed by atoms with Gasteiger partial charge in [0.1, 0.15) is 5.56 Å². The lowest BCUT2D eigenvalue weighted by Gasteiger charge is -2.09. The molecule has 0 unspecified atom stereocenters. The molecule has 0 aliphatic carbocycles. The molecule has 7 heteroatoms. The van der Waals surface area contributed by atoms with Gasteiger partial charge in [0.15, 0.2) is 0 Å². The van der Waals surface area contributed by atoms with Gasteiger partial charge in [0.2, 0.25) is 0 Å². The number of carbonyl (C=O) groups excluding carboxylic acids is 1. The number of carbonyl (C=O) groups is 1. The van der Waals surface area contributed by atoms with Crippen molar-refractivity contribution < 1.29 is 9.72 Å². The first-order valence-corrected chi connectivity index (χ1v) is 7.07. The Morgan fingerprint density at radius 1 is 1.29 bits per heavy atom. The number of nitrogens with zero attached hydrogens (tertiary/aromatic N) is 1. The van der Waals surface area contributed by atoms with Crippen LogP contribution in [0.1, 0.15) is 15.9 Å². The van der Waals surface area contributed by atoms with Crippen LogP contribution in [-0.4, -0.2) is 10.8 Å². The fraction of sp³-hybridized carbons (Fsp3) is 0.0714. The van der Waals surface area contributed by atoms with Crippen LogP contribution < -0.4 is 5.32 Å². The summed E-state index contributed by atoms with van der Waals surface area (Å²) in [5.74, 6) is -0.562. The van der Waals surface area contributed by atoms with Crippen LogP contribution >= 0.6 is 27.5 Å². The average Bonchev–Trinajstić information content (AvgIpc) is 2.42. The number of hydrogen-bond acceptors (Lipinski definition) is 3. The average molecular weight is 370 g/mol. The second kappa shape index (κ2) is 6.24. The maximum Gasteiger partial charge on any atom is 0.282 e. The van der Waals surface area contributed by atoms with Gasteiger partial charge in [-0.25, -0.2) is 0 Å². The number of amides is 1. The minimum Gasteiger partial charge on any atom is -0.321 e. The lowest BCUT2D eigenvalue weighted by atomic mass is 10.1. The van der Waals surface area contributed by atoms with Gasteiger partial charge in [-0.05, 0) is 52.7 Å². The van der Waals surface area contributed by atoms with E-state index in [2.05, 4.69) is 21.2 Å². The molecule has 2 aromatic rings. The van der Waals surface area contributed by atoms with E-state index in [0.29, 0.717) is 15.2 Å². The molecule has 0 radical (unpaired) electrons. The Balaban J connectivity index is 2.39. The molecule has 0 heterocycles. The lowest BCUT2D eigenvalue weighted by molar-refractivity contribution is -0.385. The van der Waals surface area contributed by atoms with E-state index in [1.54, 1.807) is 31.2 Å². The maximum absolute atomic E-state index is 12.3. The number of nitro benzene ring substituents is 1. The molecule has 0 aromatic heterocycles. The van der Waals surface area contributed by atoms with Gasteiger partial charge in [0.05, 0.1) is 10.6 Å². The van der Waals surface area contributed by atoms with Crippen molar-refractivity contribution in [3.8, 4) is 0 Å². The third kappa shape index (κ3) is 3.59. The van der Waals surface area contributed by atoms with E-state index in [-0.39, 0.29) is 11.3 Å². The number of hydrogen-bond donors (Lipinski definition) is 1. The number of rotatable bonds is 3. The van der Waals surface area contributed by atoms with E-state index in [4.69, 9.17) is 11.6 Å².